The minimum absolute atomic E-state index is 0.194. The zero-order chi connectivity index (χ0) is 18.6. The van der Waals surface area contributed by atoms with Crippen molar-refractivity contribution in [2.45, 2.75) is 30.6 Å². The van der Waals surface area contributed by atoms with Crippen LogP contribution in [-0.4, -0.2) is 43.2 Å². The highest BCUT2D eigenvalue weighted by Crippen LogP contribution is 2.23. The summed E-state index contributed by atoms with van der Waals surface area (Å²) in [6.45, 7) is 1.56. The number of thiazole rings is 1. The Kier molecular flexibility index (Phi) is 6.02. The number of hydrogen-bond acceptors (Lipinski definition) is 6. The smallest absolute Gasteiger partial charge is 0.275 e. The van der Waals surface area contributed by atoms with Gasteiger partial charge in [-0.05, 0) is 37.6 Å². The lowest BCUT2D eigenvalue weighted by Gasteiger charge is -2.26. The molecule has 1 aliphatic heterocycles. The number of amides is 1. The molecule has 7 nitrogen and oxygen atoms in total. The number of aromatic nitrogens is 1. The van der Waals surface area contributed by atoms with Crippen molar-refractivity contribution in [1.82, 2.24) is 9.29 Å². The van der Waals surface area contributed by atoms with Gasteiger partial charge < -0.3 is 11.1 Å². The molecule has 26 heavy (non-hydrogen) atoms. The van der Waals surface area contributed by atoms with E-state index in [9.17, 15) is 13.2 Å². The molecule has 140 valence electrons. The SMILES string of the molecule is NCCc1nc(C(=O)Nc2cccc(S(=O)(=O)N3CCCCC3)c2)cs1. The van der Waals surface area contributed by atoms with E-state index in [-0.39, 0.29) is 10.8 Å². The fourth-order valence-corrected chi connectivity index (χ4v) is 5.19. The Morgan fingerprint density at radius 3 is 2.77 bits per heavy atom. The maximum atomic E-state index is 12.8. The second-order valence-corrected chi connectivity index (χ2v) is 8.99. The van der Waals surface area contributed by atoms with Gasteiger partial charge in [-0.25, -0.2) is 13.4 Å². The normalized spacial score (nSPS) is 15.7. The molecule has 3 N–H and O–H groups in total. The van der Waals surface area contributed by atoms with Crippen LogP contribution < -0.4 is 11.1 Å². The lowest BCUT2D eigenvalue weighted by Crippen LogP contribution is -2.35. The van der Waals surface area contributed by atoms with Gasteiger partial charge in [-0.15, -0.1) is 11.3 Å². The number of nitrogens with two attached hydrogens (primary N) is 1. The monoisotopic (exact) mass is 394 g/mol. The Balaban J connectivity index is 1.75. The van der Waals surface area contributed by atoms with Gasteiger partial charge in [-0.3, -0.25) is 4.79 Å². The zero-order valence-electron chi connectivity index (χ0n) is 14.3. The van der Waals surface area contributed by atoms with E-state index in [2.05, 4.69) is 10.3 Å². The number of anilines is 1. The maximum Gasteiger partial charge on any atom is 0.275 e. The summed E-state index contributed by atoms with van der Waals surface area (Å²) in [5, 5.41) is 5.20. The van der Waals surface area contributed by atoms with Crippen LogP contribution in [0, 0.1) is 0 Å². The van der Waals surface area contributed by atoms with E-state index in [1.807, 2.05) is 0 Å². The number of nitrogens with zero attached hydrogens (tertiary/aromatic N) is 2. The highest BCUT2D eigenvalue weighted by atomic mass is 32.2. The van der Waals surface area contributed by atoms with Crippen molar-refractivity contribution >= 4 is 33.0 Å². The average molecular weight is 395 g/mol. The minimum atomic E-state index is -3.53. The number of carbonyl (C=O) groups excluding carboxylic acids is 1. The molecule has 1 aromatic carbocycles. The van der Waals surface area contributed by atoms with Gasteiger partial charge in [0.15, 0.2) is 0 Å². The van der Waals surface area contributed by atoms with Gasteiger partial charge in [0.1, 0.15) is 5.69 Å². The Hall–Kier alpha value is -1.81. The predicted octanol–water partition coefficient (Wildman–Crippen LogP) is 2.07. The number of hydrogen-bond donors (Lipinski definition) is 2. The highest BCUT2D eigenvalue weighted by Gasteiger charge is 2.26. The van der Waals surface area contributed by atoms with Crippen molar-refractivity contribution in [2.24, 2.45) is 5.73 Å². The summed E-state index contributed by atoms with van der Waals surface area (Å²) >= 11 is 1.38. The molecular formula is C17H22N4O3S2. The molecule has 1 saturated heterocycles. The van der Waals surface area contributed by atoms with Crippen LogP contribution >= 0.6 is 11.3 Å². The van der Waals surface area contributed by atoms with E-state index < -0.39 is 10.0 Å². The predicted molar refractivity (Wildman–Crippen MR) is 102 cm³/mol. The van der Waals surface area contributed by atoms with Crippen LogP contribution in [0.3, 0.4) is 0 Å². The third kappa shape index (κ3) is 4.29. The average Bonchev–Trinajstić information content (AvgIpc) is 3.12. The van der Waals surface area contributed by atoms with Gasteiger partial charge in [-0.2, -0.15) is 4.31 Å². The number of sulfonamides is 1. The first kappa shape index (κ1) is 19.0. The number of carbonyl (C=O) groups is 1. The van der Waals surface area contributed by atoms with Gasteiger partial charge >= 0.3 is 0 Å². The number of piperidine rings is 1. The van der Waals surface area contributed by atoms with Gasteiger partial charge in [0.05, 0.1) is 9.90 Å². The fourth-order valence-electron chi connectivity index (χ4n) is 2.84. The molecule has 9 heteroatoms. The third-order valence-electron chi connectivity index (χ3n) is 4.19. The first-order chi connectivity index (χ1) is 12.5. The molecule has 0 unspecified atom stereocenters. The summed E-state index contributed by atoms with van der Waals surface area (Å²) in [6.07, 6.45) is 3.44. The number of benzene rings is 1. The van der Waals surface area contributed by atoms with Crippen LogP contribution in [-0.2, 0) is 16.4 Å². The van der Waals surface area contributed by atoms with E-state index in [0.717, 1.165) is 24.3 Å². The number of rotatable bonds is 6. The third-order valence-corrected chi connectivity index (χ3v) is 6.99. The Morgan fingerprint density at radius 2 is 2.04 bits per heavy atom. The number of nitrogens with one attached hydrogen (secondary N) is 1. The van der Waals surface area contributed by atoms with E-state index in [1.54, 1.807) is 23.6 Å². The second-order valence-electron chi connectivity index (χ2n) is 6.11. The van der Waals surface area contributed by atoms with Crippen molar-refractivity contribution in [1.29, 1.82) is 0 Å². The van der Waals surface area contributed by atoms with Crippen LogP contribution in [0.4, 0.5) is 5.69 Å². The fraction of sp³-hybridized carbons (Fsp3) is 0.412. The molecule has 0 radical (unpaired) electrons. The van der Waals surface area contributed by atoms with E-state index >= 15 is 0 Å². The van der Waals surface area contributed by atoms with E-state index in [1.165, 1.54) is 21.7 Å². The first-order valence-electron chi connectivity index (χ1n) is 8.57. The largest absolute Gasteiger partial charge is 0.330 e. The summed E-state index contributed by atoms with van der Waals surface area (Å²) in [5.74, 6) is -0.364. The van der Waals surface area contributed by atoms with Gasteiger partial charge in [0.2, 0.25) is 10.0 Å². The molecule has 1 fully saturated rings. The van der Waals surface area contributed by atoms with Crippen molar-refractivity contribution < 1.29 is 13.2 Å². The summed E-state index contributed by atoms with van der Waals surface area (Å²) in [7, 11) is -3.53. The molecule has 1 aromatic heterocycles. The molecule has 1 amide bonds. The highest BCUT2D eigenvalue weighted by molar-refractivity contribution is 7.89. The molecule has 0 saturated carbocycles. The molecule has 0 atom stereocenters. The van der Waals surface area contributed by atoms with Crippen molar-refractivity contribution in [3.8, 4) is 0 Å². The Labute approximate surface area is 157 Å². The summed E-state index contributed by atoms with van der Waals surface area (Å²) in [6, 6.07) is 6.35. The van der Waals surface area contributed by atoms with Gasteiger partial charge in [-0.1, -0.05) is 12.5 Å². The Morgan fingerprint density at radius 1 is 1.27 bits per heavy atom. The molecule has 1 aliphatic rings. The second kappa shape index (κ2) is 8.26. The van der Waals surface area contributed by atoms with Gasteiger partial charge in [0.25, 0.3) is 5.91 Å². The van der Waals surface area contributed by atoms with Crippen LogP contribution in [0.2, 0.25) is 0 Å². The zero-order valence-corrected chi connectivity index (χ0v) is 16.0. The lowest BCUT2D eigenvalue weighted by molar-refractivity contribution is 0.102. The quantitative estimate of drug-likeness (QED) is 0.780. The van der Waals surface area contributed by atoms with Crippen molar-refractivity contribution in [3.05, 3.63) is 40.3 Å². The summed E-state index contributed by atoms with van der Waals surface area (Å²) in [5.41, 5.74) is 6.23. The molecule has 0 bridgehead atoms. The molecule has 0 spiro atoms. The van der Waals surface area contributed by atoms with E-state index in [0.29, 0.717) is 37.4 Å². The summed E-state index contributed by atoms with van der Waals surface area (Å²) < 4.78 is 27.0. The molecule has 0 aliphatic carbocycles. The topological polar surface area (TPSA) is 105 Å². The Bertz CT molecular complexity index is 874. The minimum Gasteiger partial charge on any atom is -0.330 e. The van der Waals surface area contributed by atoms with Crippen molar-refractivity contribution in [3.63, 3.8) is 0 Å². The molecule has 3 rings (SSSR count). The summed E-state index contributed by atoms with van der Waals surface area (Å²) in [4.78, 5) is 16.8. The van der Waals surface area contributed by atoms with E-state index in [4.69, 9.17) is 5.73 Å². The standard InChI is InChI=1S/C17H22N4O3S2/c18-8-7-16-20-15(12-25-16)17(22)19-13-5-4-6-14(11-13)26(23,24)21-9-2-1-3-10-21/h4-6,11-12H,1-3,7-10,18H2,(H,19,22). The molecular weight excluding hydrogens is 372 g/mol. The molecule has 2 aromatic rings. The van der Waals surface area contributed by atoms with Gasteiger partial charge in [0, 0.05) is 30.6 Å². The maximum absolute atomic E-state index is 12.8. The van der Waals surface area contributed by atoms with Crippen LogP contribution in [0.15, 0.2) is 34.5 Å². The lowest BCUT2D eigenvalue weighted by atomic mass is 10.2. The van der Waals surface area contributed by atoms with Crippen LogP contribution in [0.5, 0.6) is 0 Å². The van der Waals surface area contributed by atoms with Crippen molar-refractivity contribution in [2.75, 3.05) is 25.0 Å². The first-order valence-corrected chi connectivity index (χ1v) is 10.9. The van der Waals surface area contributed by atoms with Crippen LogP contribution in [0.1, 0.15) is 34.8 Å². The van der Waals surface area contributed by atoms with Crippen LogP contribution in [0.25, 0.3) is 0 Å². The molecule has 2 heterocycles.